The Morgan fingerprint density at radius 2 is 2.23 bits per heavy atom. The first-order valence-corrected chi connectivity index (χ1v) is 7.17. The number of ether oxygens (including phenoxy) is 1. The molecule has 3 heterocycles. The number of furan rings is 1. The zero-order valence-electron chi connectivity index (χ0n) is 12.1. The fourth-order valence-corrected chi connectivity index (χ4v) is 2.55. The van der Waals surface area contributed by atoms with Gasteiger partial charge in [0, 0.05) is 18.0 Å². The van der Waals surface area contributed by atoms with Crippen molar-refractivity contribution in [1.82, 2.24) is 9.97 Å². The summed E-state index contributed by atoms with van der Waals surface area (Å²) in [4.78, 5) is 8.32. The molecule has 1 aliphatic rings. The van der Waals surface area contributed by atoms with Gasteiger partial charge >= 0.3 is 0 Å². The first-order valence-electron chi connectivity index (χ1n) is 7.17. The van der Waals surface area contributed by atoms with Crippen molar-refractivity contribution in [3.63, 3.8) is 0 Å². The van der Waals surface area contributed by atoms with E-state index in [0.717, 1.165) is 0 Å². The predicted octanol–water partition coefficient (Wildman–Crippen LogP) is 0.199. The van der Waals surface area contributed by atoms with Gasteiger partial charge < -0.3 is 29.8 Å². The summed E-state index contributed by atoms with van der Waals surface area (Å²) in [5, 5.41) is 31.8. The Hall–Kier alpha value is -1.74. The second-order valence-electron chi connectivity index (χ2n) is 5.53. The smallest absolute Gasteiger partial charge is 0.194 e. The Balaban J connectivity index is 1.94. The number of hydrogen-bond donors (Lipinski definition) is 4. The van der Waals surface area contributed by atoms with Crippen LogP contribution in [0.3, 0.4) is 0 Å². The zero-order valence-corrected chi connectivity index (χ0v) is 12.1. The molecule has 0 amide bonds. The molecule has 2 unspecified atom stereocenters. The number of nitrogens with one attached hydrogen (secondary N) is 1. The molecular weight excluding hydrogens is 290 g/mol. The minimum Gasteiger partial charge on any atom is -0.458 e. The number of nitrogens with zero attached hydrogens (tertiary/aromatic N) is 2. The van der Waals surface area contributed by atoms with Crippen LogP contribution in [0.15, 0.2) is 17.0 Å². The maximum Gasteiger partial charge on any atom is 0.194 e. The van der Waals surface area contributed by atoms with Crippen molar-refractivity contribution in [3.8, 4) is 0 Å². The van der Waals surface area contributed by atoms with E-state index in [-0.39, 0.29) is 25.7 Å². The van der Waals surface area contributed by atoms with Crippen molar-refractivity contribution >= 4 is 16.9 Å². The van der Waals surface area contributed by atoms with Crippen molar-refractivity contribution in [1.29, 1.82) is 0 Å². The molecule has 1 saturated heterocycles. The Labute approximate surface area is 126 Å². The van der Waals surface area contributed by atoms with Gasteiger partial charge in [-0.1, -0.05) is 0 Å². The summed E-state index contributed by atoms with van der Waals surface area (Å²) in [6, 6.07) is -0.182. The topological polar surface area (TPSA) is 121 Å². The molecule has 0 aliphatic carbocycles. The van der Waals surface area contributed by atoms with Crippen LogP contribution in [0.1, 0.15) is 25.0 Å². The Bertz CT molecular complexity index is 646. The van der Waals surface area contributed by atoms with Crippen molar-refractivity contribution < 1.29 is 24.5 Å². The van der Waals surface area contributed by atoms with Gasteiger partial charge in [0.25, 0.3) is 0 Å². The lowest BCUT2D eigenvalue weighted by molar-refractivity contribution is -0.125. The Kier molecular flexibility index (Phi) is 4.25. The third-order valence-electron chi connectivity index (χ3n) is 3.68. The third kappa shape index (κ3) is 2.78. The van der Waals surface area contributed by atoms with Gasteiger partial charge in [0.15, 0.2) is 11.4 Å². The lowest BCUT2D eigenvalue weighted by Gasteiger charge is -2.30. The second-order valence-corrected chi connectivity index (χ2v) is 5.53. The van der Waals surface area contributed by atoms with E-state index in [1.54, 1.807) is 0 Å². The molecule has 4 atom stereocenters. The average Bonchev–Trinajstić information content (AvgIpc) is 2.92. The molecule has 2 aromatic rings. The summed E-state index contributed by atoms with van der Waals surface area (Å²) in [7, 11) is 0. The van der Waals surface area contributed by atoms with Crippen molar-refractivity contribution in [2.75, 3.05) is 18.5 Å². The summed E-state index contributed by atoms with van der Waals surface area (Å²) >= 11 is 0. The highest BCUT2D eigenvalue weighted by molar-refractivity contribution is 5.86. The van der Waals surface area contributed by atoms with Crippen molar-refractivity contribution in [3.05, 3.63) is 18.2 Å². The highest BCUT2D eigenvalue weighted by Crippen LogP contribution is 2.35. The molecule has 2 aromatic heterocycles. The van der Waals surface area contributed by atoms with Gasteiger partial charge in [0.05, 0.1) is 31.7 Å². The van der Waals surface area contributed by atoms with E-state index in [1.165, 1.54) is 12.6 Å². The summed E-state index contributed by atoms with van der Waals surface area (Å²) in [6.45, 7) is 1.93. The number of aliphatic hydroxyl groups is 3. The number of anilines is 1. The normalized spacial score (nSPS) is 27.0. The van der Waals surface area contributed by atoms with E-state index < -0.39 is 18.3 Å². The number of fused-ring (bicyclic) bond motifs is 1. The van der Waals surface area contributed by atoms with Crippen LogP contribution in [0.4, 0.5) is 5.82 Å². The van der Waals surface area contributed by atoms with Crippen LogP contribution in [0, 0.1) is 0 Å². The molecule has 1 aliphatic heterocycles. The van der Waals surface area contributed by atoms with Crippen LogP contribution in [0.2, 0.25) is 0 Å². The fourth-order valence-electron chi connectivity index (χ4n) is 2.55. The summed E-state index contributed by atoms with van der Waals surface area (Å²) in [5.74, 6) is 0.475. The molecule has 0 spiro atoms. The number of hydrogen-bond acceptors (Lipinski definition) is 8. The number of rotatable bonds is 4. The lowest BCUT2D eigenvalue weighted by Crippen LogP contribution is -2.35. The largest absolute Gasteiger partial charge is 0.458 e. The SMILES string of the molecule is CC(CO)Nc1ncnc2c([C@@H]3OCC(O)C[C@H]3O)coc12. The first kappa shape index (κ1) is 15.2. The van der Waals surface area contributed by atoms with Crippen LogP contribution in [0.5, 0.6) is 0 Å². The van der Waals surface area contributed by atoms with E-state index in [0.29, 0.717) is 22.5 Å². The van der Waals surface area contributed by atoms with Crippen LogP contribution < -0.4 is 5.32 Å². The molecule has 1 fully saturated rings. The van der Waals surface area contributed by atoms with Gasteiger partial charge in [-0.05, 0) is 6.92 Å². The van der Waals surface area contributed by atoms with Crippen LogP contribution >= 0.6 is 0 Å². The minimum absolute atomic E-state index is 0.0403. The van der Waals surface area contributed by atoms with Gasteiger partial charge in [-0.3, -0.25) is 0 Å². The third-order valence-corrected chi connectivity index (χ3v) is 3.68. The Morgan fingerprint density at radius 3 is 2.95 bits per heavy atom. The quantitative estimate of drug-likeness (QED) is 0.632. The molecule has 120 valence electrons. The number of aliphatic hydroxyl groups excluding tert-OH is 3. The van der Waals surface area contributed by atoms with Gasteiger partial charge in [-0.25, -0.2) is 9.97 Å². The molecule has 8 heteroatoms. The van der Waals surface area contributed by atoms with E-state index in [1.807, 2.05) is 6.92 Å². The first-order chi connectivity index (χ1) is 10.6. The van der Waals surface area contributed by atoms with Crippen LogP contribution in [0.25, 0.3) is 11.1 Å². The van der Waals surface area contributed by atoms with Gasteiger partial charge in [0.2, 0.25) is 0 Å². The van der Waals surface area contributed by atoms with Crippen molar-refractivity contribution in [2.24, 2.45) is 0 Å². The molecule has 0 saturated carbocycles. The van der Waals surface area contributed by atoms with Crippen LogP contribution in [-0.4, -0.2) is 56.8 Å². The average molecular weight is 309 g/mol. The second kappa shape index (κ2) is 6.17. The van der Waals surface area contributed by atoms with Gasteiger partial charge in [-0.2, -0.15) is 0 Å². The zero-order chi connectivity index (χ0) is 15.7. The summed E-state index contributed by atoms with van der Waals surface area (Å²) in [6.07, 6.45) is 1.03. The number of aromatic nitrogens is 2. The standard InChI is InChI=1S/C14H19N3O5/c1-7(3-18)17-14-13-11(15-6-16-14)9(5-22-13)12-10(20)2-8(19)4-21-12/h5-8,10,12,18-20H,2-4H2,1H3,(H,15,16,17)/t7?,8?,10-,12+/m1/s1. The van der Waals surface area contributed by atoms with E-state index in [9.17, 15) is 10.2 Å². The molecule has 0 bridgehead atoms. The highest BCUT2D eigenvalue weighted by Gasteiger charge is 2.33. The Morgan fingerprint density at radius 1 is 1.41 bits per heavy atom. The lowest BCUT2D eigenvalue weighted by atomic mass is 9.98. The molecule has 0 radical (unpaired) electrons. The maximum absolute atomic E-state index is 10.1. The van der Waals surface area contributed by atoms with Gasteiger partial charge in [0.1, 0.15) is 17.9 Å². The molecule has 22 heavy (non-hydrogen) atoms. The molecular formula is C14H19N3O5. The fraction of sp³-hybridized carbons (Fsp3) is 0.571. The maximum atomic E-state index is 10.1. The van der Waals surface area contributed by atoms with Crippen molar-refractivity contribution in [2.45, 2.75) is 37.7 Å². The van der Waals surface area contributed by atoms with Crippen LogP contribution in [-0.2, 0) is 4.74 Å². The molecule has 8 nitrogen and oxygen atoms in total. The van der Waals surface area contributed by atoms with Gasteiger partial charge in [-0.15, -0.1) is 0 Å². The minimum atomic E-state index is -0.827. The van der Waals surface area contributed by atoms with E-state index >= 15 is 0 Å². The molecule has 3 rings (SSSR count). The monoisotopic (exact) mass is 309 g/mol. The summed E-state index contributed by atoms with van der Waals surface area (Å²) < 4.78 is 11.0. The van der Waals surface area contributed by atoms with E-state index in [4.69, 9.17) is 14.3 Å². The molecule has 4 N–H and O–H groups in total. The summed E-state index contributed by atoms with van der Waals surface area (Å²) in [5.41, 5.74) is 1.61. The predicted molar refractivity (Wildman–Crippen MR) is 77.3 cm³/mol. The highest BCUT2D eigenvalue weighted by atomic mass is 16.5. The van der Waals surface area contributed by atoms with E-state index in [2.05, 4.69) is 15.3 Å². The molecule has 0 aromatic carbocycles.